The zero-order valence-electron chi connectivity index (χ0n) is 7.67. The Bertz CT molecular complexity index is 447. The number of H-pyrrole nitrogens is 1. The van der Waals surface area contributed by atoms with Crippen LogP contribution in [0, 0.1) is 6.92 Å². The van der Waals surface area contributed by atoms with E-state index in [0.717, 1.165) is 26.2 Å². The Balaban J connectivity index is 2.51. The Morgan fingerprint density at radius 2 is 2.36 bits per heavy atom. The van der Waals surface area contributed by atoms with Crippen molar-refractivity contribution in [3.8, 4) is 10.6 Å². The maximum absolute atomic E-state index is 5.86. The molecule has 0 aliphatic rings. The summed E-state index contributed by atoms with van der Waals surface area (Å²) in [5.74, 6) is 0. The lowest BCUT2D eigenvalue weighted by Crippen LogP contribution is -1.98. The van der Waals surface area contributed by atoms with Crippen molar-refractivity contribution in [2.24, 2.45) is 5.73 Å². The number of halogens is 1. The number of aromatic amines is 1. The molecule has 2 heterocycles. The van der Waals surface area contributed by atoms with E-state index in [1.807, 2.05) is 19.1 Å². The van der Waals surface area contributed by atoms with Crippen LogP contribution in [0.2, 0.25) is 4.34 Å². The van der Waals surface area contributed by atoms with Gasteiger partial charge in [0.2, 0.25) is 0 Å². The molecule has 0 spiro atoms. The van der Waals surface area contributed by atoms with Crippen LogP contribution in [0.4, 0.5) is 0 Å². The van der Waals surface area contributed by atoms with E-state index in [-0.39, 0.29) is 0 Å². The van der Waals surface area contributed by atoms with Gasteiger partial charge in [-0.25, -0.2) is 0 Å². The molecule has 0 radical (unpaired) electrons. The molecule has 0 amide bonds. The van der Waals surface area contributed by atoms with Crippen LogP contribution >= 0.6 is 22.9 Å². The van der Waals surface area contributed by atoms with Crippen molar-refractivity contribution in [1.29, 1.82) is 0 Å². The lowest BCUT2D eigenvalue weighted by Gasteiger charge is -1.96. The highest BCUT2D eigenvalue weighted by Crippen LogP contribution is 2.32. The maximum Gasteiger partial charge on any atom is 0.107 e. The van der Waals surface area contributed by atoms with Crippen LogP contribution in [0.1, 0.15) is 11.3 Å². The smallest absolute Gasteiger partial charge is 0.107 e. The van der Waals surface area contributed by atoms with Gasteiger partial charge in [-0.3, -0.25) is 5.10 Å². The molecule has 0 bridgehead atoms. The van der Waals surface area contributed by atoms with Crippen molar-refractivity contribution in [1.82, 2.24) is 10.2 Å². The van der Waals surface area contributed by atoms with Gasteiger partial charge in [0, 0.05) is 17.8 Å². The van der Waals surface area contributed by atoms with Crippen LogP contribution in [0.15, 0.2) is 12.1 Å². The van der Waals surface area contributed by atoms with Gasteiger partial charge in [-0.2, -0.15) is 5.10 Å². The van der Waals surface area contributed by atoms with Gasteiger partial charge in [0.25, 0.3) is 0 Å². The van der Waals surface area contributed by atoms with E-state index in [1.165, 1.54) is 11.3 Å². The first kappa shape index (κ1) is 9.71. The molecule has 2 rings (SSSR count). The minimum atomic E-state index is 0.493. The molecule has 0 aliphatic heterocycles. The highest BCUT2D eigenvalue weighted by Gasteiger charge is 2.12. The van der Waals surface area contributed by atoms with Gasteiger partial charge < -0.3 is 5.73 Å². The zero-order valence-corrected chi connectivity index (χ0v) is 9.25. The molecule has 2 aromatic heterocycles. The third kappa shape index (κ3) is 1.56. The third-order valence-corrected chi connectivity index (χ3v) is 3.32. The minimum absolute atomic E-state index is 0.493. The van der Waals surface area contributed by atoms with Crippen LogP contribution in [-0.2, 0) is 6.54 Å². The second kappa shape index (κ2) is 3.73. The number of rotatable bonds is 2. The molecule has 5 heteroatoms. The predicted octanol–water partition coefficient (Wildman–Crippen LogP) is 2.56. The van der Waals surface area contributed by atoms with E-state index in [4.69, 9.17) is 17.3 Å². The Labute approximate surface area is 90.9 Å². The van der Waals surface area contributed by atoms with Crippen LogP contribution in [0.5, 0.6) is 0 Å². The van der Waals surface area contributed by atoms with E-state index in [1.54, 1.807) is 0 Å². The summed E-state index contributed by atoms with van der Waals surface area (Å²) in [6, 6.07) is 3.83. The van der Waals surface area contributed by atoms with E-state index >= 15 is 0 Å². The summed E-state index contributed by atoms with van der Waals surface area (Å²) in [6.07, 6.45) is 0. The van der Waals surface area contributed by atoms with Gasteiger partial charge in [0.1, 0.15) is 5.69 Å². The molecule has 14 heavy (non-hydrogen) atoms. The first-order valence-corrected chi connectivity index (χ1v) is 5.41. The topological polar surface area (TPSA) is 54.7 Å². The van der Waals surface area contributed by atoms with Crippen LogP contribution in [0.25, 0.3) is 10.6 Å². The fourth-order valence-electron chi connectivity index (χ4n) is 1.35. The lowest BCUT2D eigenvalue weighted by atomic mass is 10.1. The van der Waals surface area contributed by atoms with Crippen LogP contribution < -0.4 is 5.73 Å². The van der Waals surface area contributed by atoms with E-state index in [0.29, 0.717) is 6.54 Å². The van der Waals surface area contributed by atoms with Crippen molar-refractivity contribution < 1.29 is 0 Å². The number of aromatic nitrogens is 2. The first-order chi connectivity index (χ1) is 6.72. The monoisotopic (exact) mass is 227 g/mol. The predicted molar refractivity (Wildman–Crippen MR) is 59.5 cm³/mol. The standard InChI is InChI=1S/C9H10ClN3S/c1-5-6(4-11)9(13-12-5)7-2-3-8(10)14-7/h2-3H,4,11H2,1H3,(H,12,13). The molecule has 3 nitrogen and oxygen atoms in total. The first-order valence-electron chi connectivity index (χ1n) is 4.22. The number of nitrogens with one attached hydrogen (secondary N) is 1. The summed E-state index contributed by atoms with van der Waals surface area (Å²) in [5, 5.41) is 7.15. The van der Waals surface area contributed by atoms with Crippen molar-refractivity contribution in [2.75, 3.05) is 0 Å². The molecule has 0 fully saturated rings. The Morgan fingerprint density at radius 3 is 2.93 bits per heavy atom. The van der Waals surface area contributed by atoms with Gasteiger partial charge in [-0.1, -0.05) is 11.6 Å². The fraction of sp³-hybridized carbons (Fsp3) is 0.222. The minimum Gasteiger partial charge on any atom is -0.326 e. The third-order valence-electron chi connectivity index (χ3n) is 2.08. The van der Waals surface area contributed by atoms with Gasteiger partial charge in [-0.15, -0.1) is 11.3 Å². The molecule has 0 unspecified atom stereocenters. The summed E-state index contributed by atoms with van der Waals surface area (Å²) in [4.78, 5) is 1.06. The number of hydrogen-bond acceptors (Lipinski definition) is 3. The van der Waals surface area contributed by atoms with Gasteiger partial charge >= 0.3 is 0 Å². The van der Waals surface area contributed by atoms with Crippen molar-refractivity contribution in [3.63, 3.8) is 0 Å². The van der Waals surface area contributed by atoms with Gasteiger partial charge in [0.15, 0.2) is 0 Å². The quantitative estimate of drug-likeness (QED) is 0.829. The molecule has 0 aromatic carbocycles. The van der Waals surface area contributed by atoms with Crippen LogP contribution in [0.3, 0.4) is 0 Å². The van der Waals surface area contributed by atoms with E-state index in [2.05, 4.69) is 10.2 Å². The maximum atomic E-state index is 5.86. The zero-order chi connectivity index (χ0) is 10.1. The normalized spacial score (nSPS) is 10.8. The Hall–Kier alpha value is -0.840. The molecular formula is C9H10ClN3S. The van der Waals surface area contributed by atoms with Crippen LogP contribution in [-0.4, -0.2) is 10.2 Å². The highest BCUT2D eigenvalue weighted by atomic mass is 35.5. The average Bonchev–Trinajstić information content (AvgIpc) is 2.71. The largest absolute Gasteiger partial charge is 0.326 e. The Morgan fingerprint density at radius 1 is 1.57 bits per heavy atom. The second-order valence-corrected chi connectivity index (χ2v) is 4.70. The summed E-state index contributed by atoms with van der Waals surface area (Å²) >= 11 is 7.37. The average molecular weight is 228 g/mol. The molecule has 0 saturated carbocycles. The van der Waals surface area contributed by atoms with E-state index in [9.17, 15) is 0 Å². The van der Waals surface area contributed by atoms with E-state index < -0.39 is 0 Å². The van der Waals surface area contributed by atoms with Crippen molar-refractivity contribution in [3.05, 3.63) is 27.7 Å². The SMILES string of the molecule is Cc1[nH]nc(-c2ccc(Cl)s2)c1CN. The molecule has 0 saturated heterocycles. The van der Waals surface area contributed by atoms with Crippen molar-refractivity contribution in [2.45, 2.75) is 13.5 Å². The highest BCUT2D eigenvalue weighted by molar-refractivity contribution is 7.19. The molecule has 74 valence electrons. The molecule has 0 atom stereocenters. The Kier molecular flexibility index (Phi) is 2.58. The number of nitrogens with zero attached hydrogens (tertiary/aromatic N) is 1. The lowest BCUT2D eigenvalue weighted by molar-refractivity contribution is 1.03. The van der Waals surface area contributed by atoms with Crippen molar-refractivity contribution >= 4 is 22.9 Å². The summed E-state index contributed by atoms with van der Waals surface area (Å²) in [5.41, 5.74) is 8.65. The number of nitrogens with two attached hydrogens (primary N) is 1. The fourth-order valence-corrected chi connectivity index (χ4v) is 2.41. The number of aryl methyl sites for hydroxylation is 1. The number of hydrogen-bond donors (Lipinski definition) is 2. The molecule has 0 aliphatic carbocycles. The van der Waals surface area contributed by atoms with Gasteiger partial charge in [0.05, 0.1) is 9.21 Å². The summed E-state index contributed by atoms with van der Waals surface area (Å²) < 4.78 is 0.767. The summed E-state index contributed by atoms with van der Waals surface area (Å²) in [6.45, 7) is 2.46. The molecule has 2 aromatic rings. The number of thiophene rings is 1. The molecule has 3 N–H and O–H groups in total. The van der Waals surface area contributed by atoms with Gasteiger partial charge in [-0.05, 0) is 19.1 Å². The second-order valence-electron chi connectivity index (χ2n) is 2.98. The summed E-state index contributed by atoms with van der Waals surface area (Å²) in [7, 11) is 0. The molecular weight excluding hydrogens is 218 g/mol.